The van der Waals surface area contributed by atoms with Crippen LogP contribution in [-0.2, 0) is 0 Å². The van der Waals surface area contributed by atoms with Gasteiger partial charge in [0.25, 0.3) is 0 Å². The summed E-state index contributed by atoms with van der Waals surface area (Å²) in [6, 6.07) is 0. The highest BCUT2D eigenvalue weighted by Crippen LogP contribution is 2.48. The molecule has 98 valence electrons. The summed E-state index contributed by atoms with van der Waals surface area (Å²) in [6.45, 7) is 23.9. The molecule has 16 heavy (non-hydrogen) atoms. The van der Waals surface area contributed by atoms with Crippen LogP contribution in [0.1, 0.15) is 69.2 Å². The van der Waals surface area contributed by atoms with Gasteiger partial charge in [-0.15, -0.1) is 0 Å². The lowest BCUT2D eigenvalue weighted by atomic mass is 9.57. The van der Waals surface area contributed by atoms with Gasteiger partial charge in [0.05, 0.1) is 0 Å². The molecule has 0 heterocycles. The molecule has 0 bridgehead atoms. The Bertz CT molecular complexity index is 205. The molecule has 0 aliphatic rings. The maximum atomic E-state index is 2.44. The van der Waals surface area contributed by atoms with Crippen molar-refractivity contribution in [1.82, 2.24) is 0 Å². The monoisotopic (exact) mass is 226 g/mol. The Morgan fingerprint density at radius 1 is 0.625 bits per heavy atom. The maximum Gasteiger partial charge on any atom is -0.0277 e. The predicted octanol–water partition coefficient (Wildman–Crippen LogP) is 5.62. The molecule has 0 spiro atoms. The molecule has 3 unspecified atom stereocenters. The molecule has 0 radical (unpaired) electrons. The van der Waals surface area contributed by atoms with E-state index in [2.05, 4.69) is 69.2 Å². The standard InChI is InChI=1S/C16H34/c1-11(2)12(3)13(4)14(5)16(9,10)15(6,7)8/h11-14H,1-10H3. The topological polar surface area (TPSA) is 0 Å². The summed E-state index contributed by atoms with van der Waals surface area (Å²) >= 11 is 0. The first kappa shape index (κ1) is 16.0. The van der Waals surface area contributed by atoms with Crippen molar-refractivity contribution in [2.24, 2.45) is 34.5 Å². The lowest BCUT2D eigenvalue weighted by Crippen LogP contribution is -2.40. The van der Waals surface area contributed by atoms with Crippen LogP contribution in [0.5, 0.6) is 0 Å². The summed E-state index contributed by atoms with van der Waals surface area (Å²) < 4.78 is 0. The number of rotatable bonds is 4. The molecule has 0 saturated heterocycles. The smallest absolute Gasteiger partial charge is 0.0277 e. The Hall–Kier alpha value is 0. The van der Waals surface area contributed by atoms with Crippen LogP contribution in [0.2, 0.25) is 0 Å². The maximum absolute atomic E-state index is 2.44. The van der Waals surface area contributed by atoms with E-state index in [4.69, 9.17) is 0 Å². The van der Waals surface area contributed by atoms with Crippen molar-refractivity contribution in [2.45, 2.75) is 69.2 Å². The summed E-state index contributed by atoms with van der Waals surface area (Å²) in [7, 11) is 0. The third-order valence-electron chi connectivity index (χ3n) is 5.74. The SMILES string of the molecule is CC(C)C(C)C(C)C(C)C(C)(C)C(C)(C)C. The van der Waals surface area contributed by atoms with Crippen molar-refractivity contribution in [1.29, 1.82) is 0 Å². The Labute approximate surface area is 104 Å². The molecular weight excluding hydrogens is 192 g/mol. The minimum absolute atomic E-state index is 0.372. The van der Waals surface area contributed by atoms with Crippen molar-refractivity contribution < 1.29 is 0 Å². The molecular formula is C16H34. The normalized spacial score (nSPS) is 19.7. The molecule has 0 aromatic heterocycles. The van der Waals surface area contributed by atoms with Crippen LogP contribution in [0, 0.1) is 34.5 Å². The minimum atomic E-state index is 0.372. The molecule has 0 heteroatoms. The molecule has 3 atom stereocenters. The van der Waals surface area contributed by atoms with Crippen LogP contribution in [0.4, 0.5) is 0 Å². The van der Waals surface area contributed by atoms with Crippen LogP contribution < -0.4 is 0 Å². The van der Waals surface area contributed by atoms with Crippen LogP contribution in [-0.4, -0.2) is 0 Å². The van der Waals surface area contributed by atoms with Crippen molar-refractivity contribution >= 4 is 0 Å². The fourth-order valence-electron chi connectivity index (χ4n) is 2.40. The molecule has 0 rings (SSSR count). The number of hydrogen-bond acceptors (Lipinski definition) is 0. The lowest BCUT2D eigenvalue weighted by molar-refractivity contribution is 0.0131. The molecule has 0 N–H and O–H groups in total. The van der Waals surface area contributed by atoms with Gasteiger partial charge in [0.15, 0.2) is 0 Å². The van der Waals surface area contributed by atoms with Gasteiger partial charge in [-0.1, -0.05) is 69.2 Å². The van der Waals surface area contributed by atoms with Gasteiger partial charge in [-0.2, -0.15) is 0 Å². The van der Waals surface area contributed by atoms with Gasteiger partial charge in [-0.3, -0.25) is 0 Å². The molecule has 0 fully saturated rings. The highest BCUT2D eigenvalue weighted by molar-refractivity contribution is 4.90. The molecule has 0 aromatic rings. The zero-order chi connectivity index (χ0) is 13.3. The van der Waals surface area contributed by atoms with Gasteiger partial charge in [-0.05, 0) is 34.5 Å². The predicted molar refractivity (Wildman–Crippen MR) is 75.6 cm³/mol. The van der Waals surface area contributed by atoms with E-state index < -0.39 is 0 Å². The summed E-state index contributed by atoms with van der Waals surface area (Å²) in [5.74, 6) is 3.13. The first-order valence-electron chi connectivity index (χ1n) is 6.93. The highest BCUT2D eigenvalue weighted by Gasteiger charge is 2.41. The van der Waals surface area contributed by atoms with Crippen molar-refractivity contribution in [3.8, 4) is 0 Å². The second-order valence-electron chi connectivity index (χ2n) is 7.72. The average molecular weight is 226 g/mol. The largest absolute Gasteiger partial charge is 0.0625 e. The third kappa shape index (κ3) is 3.25. The van der Waals surface area contributed by atoms with E-state index in [-0.39, 0.29) is 0 Å². The third-order valence-corrected chi connectivity index (χ3v) is 5.74. The zero-order valence-electron chi connectivity index (χ0n) is 13.3. The van der Waals surface area contributed by atoms with Crippen LogP contribution >= 0.6 is 0 Å². The number of hydrogen-bond donors (Lipinski definition) is 0. The van der Waals surface area contributed by atoms with Crippen LogP contribution in [0.3, 0.4) is 0 Å². The Morgan fingerprint density at radius 3 is 1.25 bits per heavy atom. The quantitative estimate of drug-likeness (QED) is 0.583. The first-order valence-corrected chi connectivity index (χ1v) is 6.93. The summed E-state index contributed by atoms with van der Waals surface area (Å²) in [6.07, 6.45) is 0. The molecule has 0 aliphatic carbocycles. The van der Waals surface area contributed by atoms with Crippen molar-refractivity contribution in [3.63, 3.8) is 0 Å². The molecule has 0 saturated carbocycles. The highest BCUT2D eigenvalue weighted by atomic mass is 14.5. The Morgan fingerprint density at radius 2 is 1.00 bits per heavy atom. The van der Waals surface area contributed by atoms with E-state index in [1.165, 1.54) is 0 Å². The van der Waals surface area contributed by atoms with Crippen molar-refractivity contribution in [3.05, 3.63) is 0 Å². The molecule has 0 aliphatic heterocycles. The molecule has 0 nitrogen and oxygen atoms in total. The van der Waals surface area contributed by atoms with Gasteiger partial charge in [0, 0.05) is 0 Å². The van der Waals surface area contributed by atoms with E-state index in [1.807, 2.05) is 0 Å². The Balaban J connectivity index is 4.86. The lowest BCUT2D eigenvalue weighted by Gasteiger charge is -2.48. The van der Waals surface area contributed by atoms with E-state index in [1.54, 1.807) is 0 Å². The summed E-state index contributed by atoms with van der Waals surface area (Å²) in [5, 5.41) is 0. The van der Waals surface area contributed by atoms with E-state index in [0.29, 0.717) is 10.8 Å². The van der Waals surface area contributed by atoms with Gasteiger partial charge in [-0.25, -0.2) is 0 Å². The van der Waals surface area contributed by atoms with Crippen LogP contribution in [0.15, 0.2) is 0 Å². The van der Waals surface area contributed by atoms with Crippen LogP contribution in [0.25, 0.3) is 0 Å². The Kier molecular flexibility index (Phi) is 5.10. The van der Waals surface area contributed by atoms with Gasteiger partial charge in [0.2, 0.25) is 0 Å². The fraction of sp³-hybridized carbons (Fsp3) is 1.00. The van der Waals surface area contributed by atoms with E-state index >= 15 is 0 Å². The summed E-state index contributed by atoms with van der Waals surface area (Å²) in [5.41, 5.74) is 0.757. The summed E-state index contributed by atoms with van der Waals surface area (Å²) in [4.78, 5) is 0. The average Bonchev–Trinajstić information content (AvgIpc) is 2.12. The minimum Gasteiger partial charge on any atom is -0.0625 e. The zero-order valence-corrected chi connectivity index (χ0v) is 13.3. The van der Waals surface area contributed by atoms with Gasteiger partial charge in [0.1, 0.15) is 0 Å². The fourth-order valence-corrected chi connectivity index (χ4v) is 2.40. The first-order chi connectivity index (χ1) is 6.93. The molecule has 0 amide bonds. The second kappa shape index (κ2) is 5.10. The molecule has 0 aromatic carbocycles. The second-order valence-corrected chi connectivity index (χ2v) is 7.72. The van der Waals surface area contributed by atoms with E-state index in [0.717, 1.165) is 23.7 Å². The van der Waals surface area contributed by atoms with Crippen molar-refractivity contribution in [2.75, 3.05) is 0 Å². The van der Waals surface area contributed by atoms with Gasteiger partial charge >= 0.3 is 0 Å². The van der Waals surface area contributed by atoms with Gasteiger partial charge < -0.3 is 0 Å². The van der Waals surface area contributed by atoms with E-state index in [9.17, 15) is 0 Å².